The van der Waals surface area contributed by atoms with E-state index in [2.05, 4.69) is 167 Å². The molecule has 4 aliphatic carbocycles. The van der Waals surface area contributed by atoms with Gasteiger partial charge in [0.15, 0.2) is 0 Å². The highest BCUT2D eigenvalue weighted by molar-refractivity contribution is 6.06. The zero-order chi connectivity index (χ0) is 35.8. The predicted molar refractivity (Wildman–Crippen MR) is 224 cm³/mol. The van der Waals surface area contributed by atoms with Crippen LogP contribution in [0.3, 0.4) is 0 Å². The highest BCUT2D eigenvalue weighted by Gasteiger charge is 2.40. The van der Waals surface area contributed by atoms with Gasteiger partial charge in [0, 0.05) is 57.6 Å². The first-order chi connectivity index (χ1) is 26.7. The minimum absolute atomic E-state index is 0.266. The Morgan fingerprint density at radius 3 is 2.39 bits per heavy atom. The van der Waals surface area contributed by atoms with Crippen molar-refractivity contribution in [2.24, 2.45) is 11.8 Å². The van der Waals surface area contributed by atoms with E-state index in [1.165, 1.54) is 66.7 Å². The van der Waals surface area contributed by atoms with Crippen LogP contribution in [0.15, 0.2) is 173 Å². The van der Waals surface area contributed by atoms with Gasteiger partial charge in [-0.25, -0.2) is 0 Å². The molecule has 0 bridgehead atoms. The molecule has 0 saturated carbocycles. The van der Waals surface area contributed by atoms with Crippen molar-refractivity contribution in [3.8, 4) is 0 Å². The van der Waals surface area contributed by atoms with E-state index in [0.29, 0.717) is 11.8 Å². The highest BCUT2D eigenvalue weighted by Crippen LogP contribution is 2.45. The van der Waals surface area contributed by atoms with Gasteiger partial charge < -0.3 is 18.8 Å². The number of rotatable bonds is 5. The number of para-hydroxylation sites is 3. The molecule has 0 amide bonds. The fourth-order valence-corrected chi connectivity index (χ4v) is 9.95. The monoisotopic (exact) mass is 701 g/mol. The molecule has 264 valence electrons. The van der Waals surface area contributed by atoms with Gasteiger partial charge in [-0.15, -0.1) is 0 Å². The quantitative estimate of drug-likeness (QED) is 0.179. The maximum absolute atomic E-state index is 6.10. The Morgan fingerprint density at radius 1 is 0.704 bits per heavy atom. The smallest absolute Gasteiger partial charge is 0.135 e. The topological polar surface area (TPSA) is 24.6 Å². The molecular formula is C50H43N3O. The van der Waals surface area contributed by atoms with E-state index in [4.69, 9.17) is 4.42 Å². The molecule has 54 heavy (non-hydrogen) atoms. The fourth-order valence-electron chi connectivity index (χ4n) is 9.95. The van der Waals surface area contributed by atoms with Crippen LogP contribution >= 0.6 is 0 Å². The Balaban J connectivity index is 0.849. The summed E-state index contributed by atoms with van der Waals surface area (Å²) in [5.41, 5.74) is 14.1. The number of aromatic nitrogens is 1. The minimum Gasteiger partial charge on any atom is -0.456 e. The molecule has 5 aliphatic rings. The van der Waals surface area contributed by atoms with Crippen molar-refractivity contribution < 1.29 is 4.42 Å². The van der Waals surface area contributed by atoms with E-state index in [1.807, 2.05) is 12.1 Å². The lowest BCUT2D eigenvalue weighted by molar-refractivity contribution is 0.277. The van der Waals surface area contributed by atoms with Gasteiger partial charge in [0.25, 0.3) is 0 Å². The number of fused-ring (bicyclic) bond motifs is 6. The second kappa shape index (κ2) is 12.6. The largest absolute Gasteiger partial charge is 0.456 e. The average Bonchev–Trinajstić information content (AvgIpc) is 3.88. The molecule has 6 aromatic rings. The lowest BCUT2D eigenvalue weighted by Gasteiger charge is -2.38. The number of nitrogens with zero attached hydrogens (tertiary/aromatic N) is 3. The van der Waals surface area contributed by atoms with Gasteiger partial charge in [0.2, 0.25) is 0 Å². The molecule has 2 aromatic heterocycles. The van der Waals surface area contributed by atoms with Crippen molar-refractivity contribution >= 4 is 50.2 Å². The van der Waals surface area contributed by atoms with Crippen LogP contribution in [0.1, 0.15) is 48.5 Å². The van der Waals surface area contributed by atoms with Crippen LogP contribution in [-0.2, 0) is 6.42 Å². The van der Waals surface area contributed by atoms with Gasteiger partial charge in [0.05, 0.1) is 11.7 Å². The fraction of sp³-hybridized carbons (Fsp3) is 0.200. The summed E-state index contributed by atoms with van der Waals surface area (Å²) in [4.78, 5) is 5.14. The van der Waals surface area contributed by atoms with Crippen LogP contribution < -0.4 is 4.90 Å². The van der Waals surface area contributed by atoms with Gasteiger partial charge >= 0.3 is 0 Å². The molecule has 1 aliphatic heterocycles. The zero-order valence-electron chi connectivity index (χ0n) is 30.6. The molecular weight excluding hydrogens is 659 g/mol. The van der Waals surface area contributed by atoms with Crippen LogP contribution in [-0.4, -0.2) is 22.7 Å². The molecule has 4 aromatic carbocycles. The molecule has 0 saturated heterocycles. The molecule has 0 radical (unpaired) electrons. The molecule has 4 nitrogen and oxygen atoms in total. The summed E-state index contributed by atoms with van der Waals surface area (Å²) in [6.07, 6.45) is 29.7. The van der Waals surface area contributed by atoms with Crippen molar-refractivity contribution in [1.29, 1.82) is 0 Å². The molecule has 4 unspecified atom stereocenters. The van der Waals surface area contributed by atoms with E-state index >= 15 is 0 Å². The Morgan fingerprint density at radius 2 is 1.54 bits per heavy atom. The van der Waals surface area contributed by atoms with Gasteiger partial charge in [0.1, 0.15) is 17.3 Å². The van der Waals surface area contributed by atoms with Crippen LogP contribution in [0.25, 0.3) is 44.5 Å². The summed E-state index contributed by atoms with van der Waals surface area (Å²) in [6.45, 7) is 0. The number of benzene rings is 4. The van der Waals surface area contributed by atoms with E-state index < -0.39 is 0 Å². The average molecular weight is 702 g/mol. The van der Waals surface area contributed by atoms with E-state index in [9.17, 15) is 0 Å². The summed E-state index contributed by atoms with van der Waals surface area (Å²) in [7, 11) is 2.28. The Labute approximate surface area is 316 Å². The Bertz CT molecular complexity index is 2690. The first-order valence-corrected chi connectivity index (χ1v) is 19.6. The summed E-state index contributed by atoms with van der Waals surface area (Å²) in [6, 6.07) is 35.2. The van der Waals surface area contributed by atoms with Gasteiger partial charge in [-0.1, -0.05) is 109 Å². The highest BCUT2D eigenvalue weighted by atomic mass is 16.3. The lowest BCUT2D eigenvalue weighted by atomic mass is 9.82. The van der Waals surface area contributed by atoms with Crippen molar-refractivity contribution in [2.45, 2.75) is 44.3 Å². The summed E-state index contributed by atoms with van der Waals surface area (Å²) in [5.74, 6) is 0.775. The van der Waals surface area contributed by atoms with Gasteiger partial charge in [-0.05, 0) is 103 Å². The number of likely N-dealkylation sites (N-methyl/N-ethyl adjacent to an activating group) is 1. The van der Waals surface area contributed by atoms with E-state index in [0.717, 1.165) is 43.3 Å². The molecule has 0 N–H and O–H groups in total. The van der Waals surface area contributed by atoms with Crippen molar-refractivity contribution in [3.05, 3.63) is 186 Å². The third-order valence-electron chi connectivity index (χ3n) is 12.5. The number of hydrogen-bond donors (Lipinski definition) is 0. The van der Waals surface area contributed by atoms with Gasteiger partial charge in [-0.2, -0.15) is 0 Å². The molecule has 4 heteroatoms. The molecule has 11 rings (SSSR count). The SMILES string of the molecule is CN1C2=C(CCC=C2)N(c2ccccc2)C1C1C=CC(C2C=Cc3c(c4ccccc4n3C3C=CC(c4ccc5oc6ccccc6c5c4)=CC3)C2)=CC1. The molecule has 4 atom stereocenters. The van der Waals surface area contributed by atoms with Crippen LogP contribution in [0.5, 0.6) is 0 Å². The standard InChI is InChI=1S/C50H43N3O/c1-51-46-16-8-9-17-47(46)53(38-11-3-2-4-12-38)50(51)35-21-19-33(20-22-35)36-25-29-45-42(31-36)40-13-5-7-15-44(40)52(45)39-27-23-34(24-28-39)37-26-30-49-43(32-37)41-14-6-10-18-48(41)54-49/h2-8,10-16,18-21,23-27,29-30,32,35-36,39,50H,9,17,22,28,31H2,1H3. The van der Waals surface area contributed by atoms with Crippen LogP contribution in [0, 0.1) is 11.8 Å². The van der Waals surface area contributed by atoms with Crippen molar-refractivity contribution in [3.63, 3.8) is 0 Å². The van der Waals surface area contributed by atoms with Crippen LogP contribution in [0.2, 0.25) is 0 Å². The van der Waals surface area contributed by atoms with Crippen molar-refractivity contribution in [1.82, 2.24) is 9.47 Å². The normalized spacial score (nSPS) is 23.4. The molecule has 3 heterocycles. The molecule has 0 fully saturated rings. The number of furan rings is 1. The number of anilines is 1. The predicted octanol–water partition coefficient (Wildman–Crippen LogP) is 12.2. The first-order valence-electron chi connectivity index (χ1n) is 19.6. The molecule has 0 spiro atoms. The third kappa shape index (κ3) is 4.96. The number of hydrogen-bond acceptors (Lipinski definition) is 3. The van der Waals surface area contributed by atoms with E-state index in [-0.39, 0.29) is 12.2 Å². The third-order valence-corrected chi connectivity index (χ3v) is 12.5. The first kappa shape index (κ1) is 31.5. The van der Waals surface area contributed by atoms with Crippen molar-refractivity contribution in [2.75, 3.05) is 11.9 Å². The minimum atomic E-state index is 0.266. The summed E-state index contributed by atoms with van der Waals surface area (Å²) >= 11 is 0. The Hall–Kier alpha value is -6.00. The maximum Gasteiger partial charge on any atom is 0.135 e. The second-order valence-electron chi connectivity index (χ2n) is 15.5. The Kier molecular flexibility index (Phi) is 7.33. The second-order valence-corrected chi connectivity index (χ2v) is 15.5. The van der Waals surface area contributed by atoms with Gasteiger partial charge in [-0.3, -0.25) is 0 Å². The maximum atomic E-state index is 6.10. The lowest BCUT2D eigenvalue weighted by Crippen LogP contribution is -2.44. The van der Waals surface area contributed by atoms with E-state index in [1.54, 1.807) is 0 Å². The number of allylic oxidation sites excluding steroid dienone is 11. The summed E-state index contributed by atoms with van der Waals surface area (Å²) < 4.78 is 8.69. The summed E-state index contributed by atoms with van der Waals surface area (Å²) in [5, 5.41) is 3.74. The van der Waals surface area contributed by atoms with Crippen LogP contribution in [0.4, 0.5) is 5.69 Å². The zero-order valence-corrected chi connectivity index (χ0v) is 30.6.